The van der Waals surface area contributed by atoms with Gasteiger partial charge in [0.1, 0.15) is 11.3 Å². The zero-order valence-corrected chi connectivity index (χ0v) is 12.0. The molecule has 0 heterocycles. The number of nitro groups is 1. The van der Waals surface area contributed by atoms with Gasteiger partial charge in [0.15, 0.2) is 0 Å². The Balaban J connectivity index is 2.95. The van der Waals surface area contributed by atoms with Gasteiger partial charge in [-0.05, 0) is 33.2 Å². The lowest BCUT2D eigenvalue weighted by Crippen LogP contribution is -2.31. The highest BCUT2D eigenvalue weighted by molar-refractivity contribution is 6.00. The van der Waals surface area contributed by atoms with Crippen LogP contribution in [0.5, 0.6) is 0 Å². The van der Waals surface area contributed by atoms with Gasteiger partial charge < -0.3 is 15.5 Å². The first kappa shape index (κ1) is 15.9. The van der Waals surface area contributed by atoms with E-state index < -0.39 is 10.8 Å². The number of nitrogens with zero attached hydrogens (tertiary/aromatic N) is 2. The van der Waals surface area contributed by atoms with Gasteiger partial charge in [-0.1, -0.05) is 6.07 Å². The van der Waals surface area contributed by atoms with Crippen LogP contribution >= 0.6 is 0 Å². The number of hydrogen-bond donors (Lipinski definition) is 2. The number of amides is 1. The van der Waals surface area contributed by atoms with Gasteiger partial charge in [-0.3, -0.25) is 14.9 Å². The predicted molar refractivity (Wildman–Crippen MR) is 78.1 cm³/mol. The van der Waals surface area contributed by atoms with Crippen LogP contribution in [0.2, 0.25) is 0 Å². The molecule has 0 unspecified atom stereocenters. The summed E-state index contributed by atoms with van der Waals surface area (Å²) >= 11 is 0. The molecule has 0 fully saturated rings. The molecule has 0 radical (unpaired) electrons. The average Bonchev–Trinajstić information content (AvgIpc) is 2.38. The van der Waals surface area contributed by atoms with Crippen molar-refractivity contribution in [3.63, 3.8) is 0 Å². The van der Waals surface area contributed by atoms with Gasteiger partial charge >= 0.3 is 5.69 Å². The Bertz CT molecular complexity index is 489. The highest BCUT2D eigenvalue weighted by Crippen LogP contribution is 2.28. The lowest BCUT2D eigenvalue weighted by Gasteiger charge is -2.11. The summed E-state index contributed by atoms with van der Waals surface area (Å²) < 4.78 is 0. The van der Waals surface area contributed by atoms with E-state index in [1.54, 1.807) is 12.1 Å². The number of likely N-dealkylation sites (N-methyl/N-ethyl adjacent to an activating group) is 1. The Kier molecular flexibility index (Phi) is 5.92. The van der Waals surface area contributed by atoms with Crippen LogP contribution in [0.15, 0.2) is 18.2 Å². The molecule has 1 aromatic carbocycles. The maximum absolute atomic E-state index is 12.0. The second kappa shape index (κ2) is 7.44. The maximum atomic E-state index is 12.0. The van der Waals surface area contributed by atoms with Crippen molar-refractivity contribution in [3.8, 4) is 0 Å². The van der Waals surface area contributed by atoms with Crippen LogP contribution in [0.25, 0.3) is 0 Å². The number of carbonyl (C=O) groups is 1. The largest absolute Gasteiger partial charge is 0.380 e. The van der Waals surface area contributed by atoms with Gasteiger partial charge in [-0.2, -0.15) is 0 Å². The molecule has 7 heteroatoms. The number of anilines is 1. The zero-order chi connectivity index (χ0) is 15.1. The van der Waals surface area contributed by atoms with E-state index >= 15 is 0 Å². The number of hydrogen-bond acceptors (Lipinski definition) is 5. The van der Waals surface area contributed by atoms with Crippen molar-refractivity contribution in [2.75, 3.05) is 39.0 Å². The molecular formula is C13H20N4O3. The lowest BCUT2D eigenvalue weighted by molar-refractivity contribution is -0.384. The second-order valence-electron chi connectivity index (χ2n) is 4.55. The minimum atomic E-state index is -0.529. The van der Waals surface area contributed by atoms with E-state index in [9.17, 15) is 14.9 Å². The fourth-order valence-corrected chi connectivity index (χ4v) is 1.74. The van der Waals surface area contributed by atoms with E-state index in [2.05, 4.69) is 10.6 Å². The highest BCUT2D eigenvalue weighted by atomic mass is 16.6. The molecule has 0 aliphatic rings. The fourth-order valence-electron chi connectivity index (χ4n) is 1.74. The van der Waals surface area contributed by atoms with Crippen molar-refractivity contribution >= 4 is 17.3 Å². The molecule has 0 aliphatic heterocycles. The highest BCUT2D eigenvalue weighted by Gasteiger charge is 2.23. The zero-order valence-electron chi connectivity index (χ0n) is 12.0. The van der Waals surface area contributed by atoms with Crippen LogP contribution in [0, 0.1) is 10.1 Å². The van der Waals surface area contributed by atoms with Gasteiger partial charge in [-0.15, -0.1) is 0 Å². The number of nitrogens with one attached hydrogen (secondary N) is 2. The van der Waals surface area contributed by atoms with Crippen LogP contribution in [0.4, 0.5) is 11.4 Å². The summed E-state index contributed by atoms with van der Waals surface area (Å²) in [5, 5.41) is 16.8. The first-order valence-corrected chi connectivity index (χ1v) is 6.41. The topological polar surface area (TPSA) is 87.5 Å². The van der Waals surface area contributed by atoms with E-state index in [4.69, 9.17) is 0 Å². The minimum absolute atomic E-state index is 0.0761. The third-order valence-electron chi connectivity index (χ3n) is 2.68. The van der Waals surface area contributed by atoms with Crippen LogP contribution in [0.3, 0.4) is 0 Å². The first-order chi connectivity index (χ1) is 9.47. The first-order valence-electron chi connectivity index (χ1n) is 6.41. The summed E-state index contributed by atoms with van der Waals surface area (Å²) in [6, 6.07) is 4.69. The number of benzene rings is 1. The van der Waals surface area contributed by atoms with E-state index in [0.717, 1.165) is 0 Å². The second-order valence-corrected chi connectivity index (χ2v) is 4.55. The SMILES string of the molecule is CCNc1cccc(C(=O)NCCN(C)C)c1[N+](=O)[O-]. The van der Waals surface area contributed by atoms with E-state index in [1.807, 2.05) is 25.9 Å². The van der Waals surface area contributed by atoms with Gasteiger partial charge in [0.05, 0.1) is 4.92 Å². The monoisotopic (exact) mass is 280 g/mol. The quantitative estimate of drug-likeness (QED) is 0.581. The molecule has 1 rings (SSSR count). The van der Waals surface area contributed by atoms with E-state index in [-0.39, 0.29) is 11.3 Å². The van der Waals surface area contributed by atoms with Crippen LogP contribution in [-0.2, 0) is 0 Å². The van der Waals surface area contributed by atoms with Crippen molar-refractivity contribution in [1.82, 2.24) is 10.2 Å². The Morgan fingerprint density at radius 1 is 1.40 bits per heavy atom. The van der Waals surface area contributed by atoms with Gasteiger partial charge in [0.2, 0.25) is 0 Å². The van der Waals surface area contributed by atoms with Crippen molar-refractivity contribution in [2.24, 2.45) is 0 Å². The molecule has 1 amide bonds. The molecule has 110 valence electrons. The molecular weight excluding hydrogens is 260 g/mol. The Labute approximate surface area is 118 Å². The third-order valence-corrected chi connectivity index (χ3v) is 2.68. The van der Waals surface area contributed by atoms with Gasteiger partial charge in [-0.25, -0.2) is 0 Å². The molecule has 0 aromatic heterocycles. The van der Waals surface area contributed by atoms with Crippen molar-refractivity contribution in [3.05, 3.63) is 33.9 Å². The van der Waals surface area contributed by atoms with Crippen molar-refractivity contribution in [2.45, 2.75) is 6.92 Å². The van der Waals surface area contributed by atoms with Gasteiger partial charge in [0.25, 0.3) is 5.91 Å². The molecule has 0 atom stereocenters. The number of rotatable bonds is 7. The van der Waals surface area contributed by atoms with Crippen molar-refractivity contribution < 1.29 is 9.72 Å². The normalized spacial score (nSPS) is 10.4. The lowest BCUT2D eigenvalue weighted by atomic mass is 10.1. The Morgan fingerprint density at radius 2 is 2.10 bits per heavy atom. The number of carbonyl (C=O) groups excluding carboxylic acids is 1. The summed E-state index contributed by atoms with van der Waals surface area (Å²) in [4.78, 5) is 24.6. The molecule has 0 saturated heterocycles. The van der Waals surface area contributed by atoms with Crippen molar-refractivity contribution in [1.29, 1.82) is 0 Å². The molecule has 0 saturated carbocycles. The molecule has 20 heavy (non-hydrogen) atoms. The maximum Gasteiger partial charge on any atom is 0.305 e. The fraction of sp³-hybridized carbons (Fsp3) is 0.462. The number of nitro benzene ring substituents is 1. The van der Waals surface area contributed by atoms with E-state index in [0.29, 0.717) is 25.3 Å². The summed E-state index contributed by atoms with van der Waals surface area (Å²) in [7, 11) is 3.78. The summed E-state index contributed by atoms with van der Waals surface area (Å²) in [5.74, 6) is -0.432. The molecule has 1 aromatic rings. The molecule has 7 nitrogen and oxygen atoms in total. The van der Waals surface area contributed by atoms with Crippen LogP contribution in [0.1, 0.15) is 17.3 Å². The molecule has 0 aliphatic carbocycles. The minimum Gasteiger partial charge on any atom is -0.380 e. The molecule has 0 spiro atoms. The standard InChI is InChI=1S/C13H20N4O3/c1-4-14-11-7-5-6-10(12(11)17(19)20)13(18)15-8-9-16(2)3/h5-7,14H,4,8-9H2,1-3H3,(H,15,18). The van der Waals surface area contributed by atoms with Crippen LogP contribution in [-0.4, -0.2) is 49.5 Å². The summed E-state index contributed by atoms with van der Waals surface area (Å²) in [6.07, 6.45) is 0. The average molecular weight is 280 g/mol. The predicted octanol–water partition coefficient (Wildman–Crippen LogP) is 1.32. The third kappa shape index (κ3) is 4.20. The van der Waals surface area contributed by atoms with E-state index in [1.165, 1.54) is 6.07 Å². The smallest absolute Gasteiger partial charge is 0.305 e. The molecule has 2 N–H and O–H groups in total. The summed E-state index contributed by atoms with van der Waals surface area (Å²) in [6.45, 7) is 3.50. The van der Waals surface area contributed by atoms with Gasteiger partial charge in [0, 0.05) is 19.6 Å². The molecule has 0 bridgehead atoms. The number of para-hydroxylation sites is 1. The van der Waals surface area contributed by atoms with Crippen LogP contribution < -0.4 is 10.6 Å². The Hall–Kier alpha value is -2.15. The summed E-state index contributed by atoms with van der Waals surface area (Å²) in [5.41, 5.74) is 0.252. The Morgan fingerprint density at radius 3 is 2.65 bits per heavy atom.